The standard InChI is InChI=1S/C29H24O2/c1-3-19(2)25-18-29(31-27-15-13-21-9-5-7-11-23(21)28(25)27)17-16-24-22-10-6-4-8-20(22)12-14-26(24)30-29/h4-19H,3H2,1-2H3. The van der Waals surface area contributed by atoms with Crippen molar-refractivity contribution >= 4 is 33.2 Å². The van der Waals surface area contributed by atoms with Crippen LogP contribution in [0.25, 0.3) is 33.2 Å². The molecule has 2 heterocycles. The molecule has 1 spiro atoms. The average molecular weight is 405 g/mol. The third-order valence-corrected chi connectivity index (χ3v) is 6.63. The van der Waals surface area contributed by atoms with Crippen molar-refractivity contribution in [2.24, 2.45) is 5.92 Å². The zero-order chi connectivity index (χ0) is 21.0. The van der Waals surface area contributed by atoms with Gasteiger partial charge in [0, 0.05) is 23.3 Å². The highest BCUT2D eigenvalue weighted by Crippen LogP contribution is 2.47. The number of ether oxygens (including phenoxy) is 2. The van der Waals surface area contributed by atoms with Crippen molar-refractivity contribution in [1.29, 1.82) is 0 Å². The molecule has 6 rings (SSSR count). The van der Waals surface area contributed by atoms with Crippen LogP contribution >= 0.6 is 0 Å². The first-order chi connectivity index (χ1) is 15.2. The van der Waals surface area contributed by atoms with E-state index in [0.717, 1.165) is 23.5 Å². The number of fused-ring (bicyclic) bond motifs is 6. The lowest BCUT2D eigenvalue weighted by atomic mass is 9.84. The van der Waals surface area contributed by atoms with Gasteiger partial charge in [-0.2, -0.15) is 0 Å². The highest BCUT2D eigenvalue weighted by molar-refractivity contribution is 5.98. The van der Waals surface area contributed by atoms with Gasteiger partial charge in [0.15, 0.2) is 0 Å². The molecule has 0 aromatic heterocycles. The van der Waals surface area contributed by atoms with E-state index < -0.39 is 5.79 Å². The molecule has 0 saturated heterocycles. The molecule has 0 aliphatic carbocycles. The van der Waals surface area contributed by atoms with Gasteiger partial charge in [0.2, 0.25) is 0 Å². The van der Waals surface area contributed by atoms with Crippen molar-refractivity contribution in [1.82, 2.24) is 0 Å². The molecule has 31 heavy (non-hydrogen) atoms. The van der Waals surface area contributed by atoms with Crippen molar-refractivity contribution < 1.29 is 9.47 Å². The number of benzene rings is 4. The van der Waals surface area contributed by atoms with Gasteiger partial charge in [-0.3, -0.25) is 0 Å². The molecule has 0 bridgehead atoms. The average Bonchev–Trinajstić information content (AvgIpc) is 2.82. The van der Waals surface area contributed by atoms with Crippen molar-refractivity contribution in [2.45, 2.75) is 26.1 Å². The fourth-order valence-electron chi connectivity index (χ4n) is 4.81. The van der Waals surface area contributed by atoms with Gasteiger partial charge < -0.3 is 9.47 Å². The highest BCUT2D eigenvalue weighted by atomic mass is 16.7. The Morgan fingerprint density at radius 1 is 0.774 bits per heavy atom. The maximum Gasteiger partial charge on any atom is 0.292 e. The topological polar surface area (TPSA) is 18.5 Å². The molecule has 2 nitrogen and oxygen atoms in total. The van der Waals surface area contributed by atoms with Crippen molar-refractivity contribution in [3.05, 3.63) is 96.1 Å². The first-order valence-corrected chi connectivity index (χ1v) is 11.0. The Kier molecular flexibility index (Phi) is 3.97. The Labute approximate surface area is 182 Å². The van der Waals surface area contributed by atoms with Gasteiger partial charge >= 0.3 is 0 Å². The number of allylic oxidation sites excluding steroid dienone is 1. The van der Waals surface area contributed by atoms with Crippen LogP contribution in [-0.4, -0.2) is 5.79 Å². The van der Waals surface area contributed by atoms with E-state index in [0.29, 0.717) is 5.92 Å². The van der Waals surface area contributed by atoms with E-state index in [4.69, 9.17) is 9.47 Å². The third-order valence-electron chi connectivity index (χ3n) is 6.63. The van der Waals surface area contributed by atoms with Crippen LogP contribution in [0, 0.1) is 5.92 Å². The molecule has 2 atom stereocenters. The monoisotopic (exact) mass is 404 g/mol. The molecule has 2 heteroatoms. The SMILES string of the molecule is CCC(C)C1=CC2(C=Cc3c(ccc4ccccc34)O2)Oc2ccc3ccccc3c21. The number of hydrogen-bond acceptors (Lipinski definition) is 2. The van der Waals surface area contributed by atoms with Crippen LogP contribution in [0.15, 0.2) is 84.9 Å². The molecule has 152 valence electrons. The predicted molar refractivity (Wildman–Crippen MR) is 128 cm³/mol. The molecular formula is C29H24O2. The molecule has 2 unspecified atom stereocenters. The maximum atomic E-state index is 6.58. The Bertz CT molecular complexity index is 1390. The molecule has 0 N–H and O–H groups in total. The van der Waals surface area contributed by atoms with Crippen molar-refractivity contribution in [3.8, 4) is 11.5 Å². The first-order valence-electron chi connectivity index (χ1n) is 11.0. The summed E-state index contributed by atoms with van der Waals surface area (Å²) in [6.07, 6.45) is 7.44. The summed E-state index contributed by atoms with van der Waals surface area (Å²) in [6.45, 7) is 4.52. The van der Waals surface area contributed by atoms with E-state index in [-0.39, 0.29) is 0 Å². The van der Waals surface area contributed by atoms with Gasteiger partial charge in [-0.15, -0.1) is 0 Å². The minimum absolute atomic E-state index is 0.389. The molecule has 4 aromatic rings. The summed E-state index contributed by atoms with van der Waals surface area (Å²) in [5.74, 6) is 1.19. The van der Waals surface area contributed by atoms with E-state index in [1.807, 2.05) is 0 Å². The molecule has 0 radical (unpaired) electrons. The van der Waals surface area contributed by atoms with E-state index >= 15 is 0 Å². The van der Waals surface area contributed by atoms with Crippen LogP contribution in [0.3, 0.4) is 0 Å². The van der Waals surface area contributed by atoms with Crippen molar-refractivity contribution in [2.75, 3.05) is 0 Å². The zero-order valence-electron chi connectivity index (χ0n) is 17.8. The fraction of sp³-hybridized carbons (Fsp3) is 0.172. The summed E-state index contributed by atoms with van der Waals surface area (Å²) < 4.78 is 13.2. The van der Waals surface area contributed by atoms with Gasteiger partial charge in [-0.25, -0.2) is 0 Å². The van der Waals surface area contributed by atoms with Crippen LogP contribution in [0.5, 0.6) is 11.5 Å². The summed E-state index contributed by atoms with van der Waals surface area (Å²) in [5, 5.41) is 4.86. The molecule has 2 aliphatic heterocycles. The third kappa shape index (κ3) is 2.79. The molecule has 2 aliphatic rings. The molecular weight excluding hydrogens is 380 g/mol. The van der Waals surface area contributed by atoms with Crippen LogP contribution in [0.1, 0.15) is 31.4 Å². The second kappa shape index (κ2) is 6.75. The normalized spacial score (nSPS) is 20.0. The van der Waals surface area contributed by atoms with Gasteiger partial charge in [-0.1, -0.05) is 74.5 Å². The van der Waals surface area contributed by atoms with Gasteiger partial charge in [0.05, 0.1) is 0 Å². The maximum absolute atomic E-state index is 6.58. The predicted octanol–water partition coefficient (Wildman–Crippen LogP) is 7.62. The lowest BCUT2D eigenvalue weighted by Crippen LogP contribution is -2.42. The van der Waals surface area contributed by atoms with E-state index in [9.17, 15) is 0 Å². The summed E-state index contributed by atoms with van der Waals surface area (Å²) in [7, 11) is 0. The summed E-state index contributed by atoms with van der Waals surface area (Å²) >= 11 is 0. The Balaban J connectivity index is 1.54. The van der Waals surface area contributed by atoms with Crippen LogP contribution in [-0.2, 0) is 0 Å². The van der Waals surface area contributed by atoms with Gasteiger partial charge in [0.25, 0.3) is 5.79 Å². The molecule has 4 aromatic carbocycles. The van der Waals surface area contributed by atoms with Crippen LogP contribution < -0.4 is 9.47 Å². The summed E-state index contributed by atoms with van der Waals surface area (Å²) in [5.41, 5.74) is 3.59. The smallest absolute Gasteiger partial charge is 0.292 e. The quantitative estimate of drug-likeness (QED) is 0.342. The molecule has 0 saturated carbocycles. The highest BCUT2D eigenvalue weighted by Gasteiger charge is 2.39. The Morgan fingerprint density at radius 2 is 1.42 bits per heavy atom. The van der Waals surface area contributed by atoms with Crippen LogP contribution in [0.2, 0.25) is 0 Å². The molecule has 0 amide bonds. The largest absolute Gasteiger partial charge is 0.445 e. The minimum Gasteiger partial charge on any atom is -0.445 e. The first kappa shape index (κ1) is 18.3. The Hall–Kier alpha value is -3.52. The van der Waals surface area contributed by atoms with Gasteiger partial charge in [-0.05, 0) is 57.7 Å². The van der Waals surface area contributed by atoms with E-state index in [1.165, 1.54) is 32.7 Å². The summed E-state index contributed by atoms with van der Waals surface area (Å²) in [6, 6.07) is 25.3. The zero-order valence-corrected chi connectivity index (χ0v) is 17.8. The van der Waals surface area contributed by atoms with Gasteiger partial charge in [0.1, 0.15) is 11.5 Å². The lowest BCUT2D eigenvalue weighted by Gasteiger charge is -2.38. The lowest BCUT2D eigenvalue weighted by molar-refractivity contribution is -0.0314. The van der Waals surface area contributed by atoms with E-state index in [1.54, 1.807) is 0 Å². The number of hydrogen-bond donors (Lipinski definition) is 0. The number of rotatable bonds is 2. The fourth-order valence-corrected chi connectivity index (χ4v) is 4.81. The second-order valence-electron chi connectivity index (χ2n) is 8.53. The van der Waals surface area contributed by atoms with E-state index in [2.05, 4.69) is 105 Å². The molecule has 0 fully saturated rings. The van der Waals surface area contributed by atoms with Crippen LogP contribution in [0.4, 0.5) is 0 Å². The second-order valence-corrected chi connectivity index (χ2v) is 8.53. The summed E-state index contributed by atoms with van der Waals surface area (Å²) in [4.78, 5) is 0. The minimum atomic E-state index is -0.927. The van der Waals surface area contributed by atoms with Crippen molar-refractivity contribution in [3.63, 3.8) is 0 Å². The Morgan fingerprint density at radius 3 is 2.19 bits per heavy atom.